The predicted octanol–water partition coefficient (Wildman–Crippen LogP) is 2.63. The summed E-state index contributed by atoms with van der Waals surface area (Å²) in [5.41, 5.74) is 2.56. The standard InChI is InChI=1S/C18H16ClNO4/c19-14-7-11(5-6-16(14)21)8-17(22)20-10-13-4-2-1-3-12(13)9-15(20)18(23)24/h1-7,15,21H,8-10H2,(H,23,24)/t15-/m1/s1. The lowest BCUT2D eigenvalue weighted by Crippen LogP contribution is -2.49. The van der Waals surface area contributed by atoms with Crippen LogP contribution in [-0.4, -0.2) is 33.0 Å². The highest BCUT2D eigenvalue weighted by molar-refractivity contribution is 6.32. The van der Waals surface area contributed by atoms with Crippen LogP contribution in [0.5, 0.6) is 5.75 Å². The number of nitrogens with zero attached hydrogens (tertiary/aromatic N) is 1. The Morgan fingerprint density at radius 1 is 1.17 bits per heavy atom. The van der Waals surface area contributed by atoms with E-state index in [1.165, 1.54) is 17.0 Å². The molecule has 1 heterocycles. The second kappa shape index (κ2) is 6.53. The van der Waals surface area contributed by atoms with E-state index in [1.807, 2.05) is 24.3 Å². The fraction of sp³-hybridized carbons (Fsp3) is 0.222. The van der Waals surface area contributed by atoms with Gasteiger partial charge in [-0.25, -0.2) is 4.79 Å². The molecule has 1 atom stereocenters. The van der Waals surface area contributed by atoms with Crippen molar-refractivity contribution in [2.75, 3.05) is 0 Å². The van der Waals surface area contributed by atoms with Crippen molar-refractivity contribution in [3.63, 3.8) is 0 Å². The van der Waals surface area contributed by atoms with Crippen LogP contribution in [-0.2, 0) is 29.0 Å². The largest absolute Gasteiger partial charge is 0.506 e. The Balaban J connectivity index is 1.84. The third-order valence-corrected chi connectivity index (χ3v) is 4.52. The summed E-state index contributed by atoms with van der Waals surface area (Å²) in [5, 5.41) is 19.1. The number of hydrogen-bond acceptors (Lipinski definition) is 3. The summed E-state index contributed by atoms with van der Waals surface area (Å²) in [7, 11) is 0. The number of aromatic hydroxyl groups is 1. The Morgan fingerprint density at radius 3 is 2.54 bits per heavy atom. The van der Waals surface area contributed by atoms with Gasteiger partial charge in [-0.2, -0.15) is 0 Å². The molecule has 0 saturated heterocycles. The number of rotatable bonds is 3. The van der Waals surface area contributed by atoms with Crippen LogP contribution in [0.2, 0.25) is 5.02 Å². The molecule has 0 radical (unpaired) electrons. The first-order chi connectivity index (χ1) is 11.5. The Hall–Kier alpha value is -2.53. The smallest absolute Gasteiger partial charge is 0.326 e. The van der Waals surface area contributed by atoms with Crippen molar-refractivity contribution >= 4 is 23.5 Å². The average Bonchev–Trinajstić information content (AvgIpc) is 2.57. The first kappa shape index (κ1) is 16.3. The molecule has 0 aromatic heterocycles. The van der Waals surface area contributed by atoms with E-state index in [0.717, 1.165) is 11.1 Å². The van der Waals surface area contributed by atoms with E-state index >= 15 is 0 Å². The molecule has 0 spiro atoms. The third kappa shape index (κ3) is 3.21. The first-order valence-electron chi connectivity index (χ1n) is 7.52. The van der Waals surface area contributed by atoms with E-state index in [-0.39, 0.29) is 29.6 Å². The highest BCUT2D eigenvalue weighted by Crippen LogP contribution is 2.26. The van der Waals surface area contributed by atoms with E-state index in [2.05, 4.69) is 0 Å². The number of halogens is 1. The van der Waals surface area contributed by atoms with Gasteiger partial charge in [-0.05, 0) is 28.8 Å². The number of amides is 1. The van der Waals surface area contributed by atoms with E-state index in [0.29, 0.717) is 12.0 Å². The number of carboxylic acids is 1. The fourth-order valence-electron chi connectivity index (χ4n) is 2.94. The van der Waals surface area contributed by atoms with Crippen molar-refractivity contribution in [1.29, 1.82) is 0 Å². The first-order valence-corrected chi connectivity index (χ1v) is 7.90. The van der Waals surface area contributed by atoms with Crippen molar-refractivity contribution in [3.8, 4) is 5.75 Å². The Morgan fingerprint density at radius 2 is 1.88 bits per heavy atom. The molecule has 2 aromatic carbocycles. The van der Waals surface area contributed by atoms with Gasteiger partial charge in [0, 0.05) is 13.0 Å². The number of carbonyl (C=O) groups excluding carboxylic acids is 1. The van der Waals surface area contributed by atoms with Crippen molar-refractivity contribution < 1.29 is 19.8 Å². The number of phenolic OH excluding ortho intramolecular Hbond substituents is 1. The Kier molecular flexibility index (Phi) is 4.44. The molecule has 0 unspecified atom stereocenters. The topological polar surface area (TPSA) is 77.8 Å². The van der Waals surface area contributed by atoms with E-state index in [1.54, 1.807) is 6.07 Å². The van der Waals surface area contributed by atoms with Gasteiger partial charge in [-0.1, -0.05) is 41.9 Å². The zero-order chi connectivity index (χ0) is 17.3. The monoisotopic (exact) mass is 345 g/mol. The highest BCUT2D eigenvalue weighted by Gasteiger charge is 2.34. The lowest BCUT2D eigenvalue weighted by Gasteiger charge is -2.34. The summed E-state index contributed by atoms with van der Waals surface area (Å²) in [5.74, 6) is -1.34. The van der Waals surface area contributed by atoms with Gasteiger partial charge in [-0.15, -0.1) is 0 Å². The molecular formula is C18H16ClNO4. The molecule has 0 fully saturated rings. The van der Waals surface area contributed by atoms with E-state index in [9.17, 15) is 19.8 Å². The number of phenols is 1. The summed E-state index contributed by atoms with van der Waals surface area (Å²) in [6, 6.07) is 11.2. The maximum atomic E-state index is 12.6. The second-order valence-electron chi connectivity index (χ2n) is 5.81. The van der Waals surface area contributed by atoms with Crippen LogP contribution >= 0.6 is 11.6 Å². The number of carboxylic acid groups (broad SMARTS) is 1. The molecule has 0 aliphatic carbocycles. The number of aliphatic carboxylic acids is 1. The summed E-state index contributed by atoms with van der Waals surface area (Å²) in [4.78, 5) is 25.6. The number of fused-ring (bicyclic) bond motifs is 1. The molecule has 1 aliphatic rings. The second-order valence-corrected chi connectivity index (χ2v) is 6.22. The maximum absolute atomic E-state index is 12.6. The van der Waals surface area contributed by atoms with Crippen LogP contribution in [0.1, 0.15) is 16.7 Å². The number of carbonyl (C=O) groups is 2. The average molecular weight is 346 g/mol. The predicted molar refractivity (Wildman–Crippen MR) is 88.9 cm³/mol. The van der Waals surface area contributed by atoms with Gasteiger partial charge >= 0.3 is 5.97 Å². The molecule has 1 aliphatic heterocycles. The normalized spacial score (nSPS) is 16.5. The number of hydrogen-bond donors (Lipinski definition) is 2. The van der Waals surface area contributed by atoms with Gasteiger partial charge in [0.15, 0.2) is 0 Å². The van der Waals surface area contributed by atoms with E-state index in [4.69, 9.17) is 11.6 Å². The summed E-state index contributed by atoms with van der Waals surface area (Å²) in [6.45, 7) is 0.276. The molecule has 1 amide bonds. The zero-order valence-corrected chi connectivity index (χ0v) is 13.5. The Labute approximate surface area is 144 Å². The SMILES string of the molecule is O=C(O)[C@H]1Cc2ccccc2CN1C(=O)Cc1ccc(O)c(Cl)c1. The zero-order valence-electron chi connectivity index (χ0n) is 12.8. The van der Waals surface area contributed by atoms with Crippen LogP contribution in [0, 0.1) is 0 Å². The molecule has 5 nitrogen and oxygen atoms in total. The summed E-state index contributed by atoms with van der Waals surface area (Å²) < 4.78 is 0. The molecule has 124 valence electrons. The lowest BCUT2D eigenvalue weighted by atomic mass is 9.93. The van der Waals surface area contributed by atoms with Gasteiger partial charge in [0.2, 0.25) is 5.91 Å². The Bertz CT molecular complexity index is 805. The minimum absolute atomic E-state index is 0.0337. The van der Waals surface area contributed by atoms with Crippen molar-refractivity contribution in [2.45, 2.75) is 25.4 Å². The van der Waals surface area contributed by atoms with Crippen molar-refractivity contribution in [2.24, 2.45) is 0 Å². The molecule has 24 heavy (non-hydrogen) atoms. The molecule has 0 saturated carbocycles. The van der Waals surface area contributed by atoms with Gasteiger partial charge in [0.25, 0.3) is 0 Å². The lowest BCUT2D eigenvalue weighted by molar-refractivity contribution is -0.151. The third-order valence-electron chi connectivity index (χ3n) is 4.22. The fourth-order valence-corrected chi connectivity index (χ4v) is 3.15. The molecule has 2 aromatic rings. The molecule has 3 rings (SSSR count). The summed E-state index contributed by atoms with van der Waals surface area (Å²) in [6.07, 6.45) is 0.333. The van der Waals surface area contributed by atoms with Gasteiger partial charge in [0.1, 0.15) is 11.8 Å². The van der Waals surface area contributed by atoms with Gasteiger partial charge in [-0.3, -0.25) is 4.79 Å². The quantitative estimate of drug-likeness (QED) is 0.896. The van der Waals surface area contributed by atoms with Crippen LogP contribution in [0.3, 0.4) is 0 Å². The van der Waals surface area contributed by atoms with Crippen LogP contribution < -0.4 is 0 Å². The van der Waals surface area contributed by atoms with Gasteiger partial charge < -0.3 is 15.1 Å². The maximum Gasteiger partial charge on any atom is 0.326 e. The minimum Gasteiger partial charge on any atom is -0.506 e. The highest BCUT2D eigenvalue weighted by atomic mass is 35.5. The molecule has 2 N–H and O–H groups in total. The molecular weight excluding hydrogens is 330 g/mol. The number of benzene rings is 2. The van der Waals surface area contributed by atoms with Crippen LogP contribution in [0.15, 0.2) is 42.5 Å². The van der Waals surface area contributed by atoms with Gasteiger partial charge in [0.05, 0.1) is 11.4 Å². The van der Waals surface area contributed by atoms with Crippen molar-refractivity contribution in [1.82, 2.24) is 4.90 Å². The molecule has 6 heteroatoms. The van der Waals surface area contributed by atoms with Crippen molar-refractivity contribution in [3.05, 3.63) is 64.2 Å². The minimum atomic E-state index is -1.01. The van der Waals surface area contributed by atoms with E-state index < -0.39 is 12.0 Å². The van der Waals surface area contributed by atoms with Crippen LogP contribution in [0.4, 0.5) is 0 Å². The van der Waals surface area contributed by atoms with Crippen LogP contribution in [0.25, 0.3) is 0 Å². The molecule has 0 bridgehead atoms. The summed E-state index contributed by atoms with van der Waals surface area (Å²) >= 11 is 5.86.